The maximum absolute atomic E-state index is 12.5. The van der Waals surface area contributed by atoms with E-state index in [1.807, 2.05) is 29.2 Å². The number of hydrogen-bond acceptors (Lipinski definition) is 2. The highest BCUT2D eigenvalue weighted by atomic mass is 16.2. The molecular weight excluding hydrogens is 260 g/mol. The van der Waals surface area contributed by atoms with Crippen molar-refractivity contribution < 1.29 is 4.79 Å². The number of hydrogen-bond donors (Lipinski definition) is 1. The summed E-state index contributed by atoms with van der Waals surface area (Å²) in [6.45, 7) is 4.86. The molecule has 1 amide bonds. The Hall–Kier alpha value is -1.51. The maximum atomic E-state index is 12.5. The van der Waals surface area contributed by atoms with Gasteiger partial charge in [0, 0.05) is 24.7 Å². The van der Waals surface area contributed by atoms with Gasteiger partial charge in [-0.3, -0.25) is 4.79 Å². The summed E-state index contributed by atoms with van der Waals surface area (Å²) in [5, 5.41) is 0. The maximum Gasteiger partial charge on any atom is 0.223 e. The zero-order chi connectivity index (χ0) is 15.2. The first-order chi connectivity index (χ1) is 10.1. The molecule has 0 radical (unpaired) electrons. The summed E-state index contributed by atoms with van der Waals surface area (Å²) < 4.78 is 0. The van der Waals surface area contributed by atoms with Crippen LogP contribution >= 0.6 is 0 Å². The van der Waals surface area contributed by atoms with E-state index in [0.29, 0.717) is 13.0 Å². The van der Waals surface area contributed by atoms with E-state index in [9.17, 15) is 4.79 Å². The van der Waals surface area contributed by atoms with Crippen molar-refractivity contribution in [3.8, 4) is 0 Å². The standard InChI is InChI=1S/C18H28N2O/c1-14(2)20(13-16-7-10-17(19)11-8-16)18(21)12-9-15-5-3-4-6-15/h7-8,10-11,14-15H,3-6,9,12-13,19H2,1-2H3. The van der Waals surface area contributed by atoms with E-state index in [4.69, 9.17) is 5.73 Å². The first kappa shape index (κ1) is 15.9. The molecule has 1 aromatic carbocycles. The molecule has 116 valence electrons. The Morgan fingerprint density at radius 3 is 2.43 bits per heavy atom. The number of nitrogens with zero attached hydrogens (tertiary/aromatic N) is 1. The molecular formula is C18H28N2O. The van der Waals surface area contributed by atoms with Crippen LogP contribution < -0.4 is 5.73 Å². The van der Waals surface area contributed by atoms with Gasteiger partial charge in [0.05, 0.1) is 0 Å². The summed E-state index contributed by atoms with van der Waals surface area (Å²) >= 11 is 0. The average Bonchev–Trinajstić information content (AvgIpc) is 2.97. The molecule has 1 saturated carbocycles. The Labute approximate surface area is 128 Å². The van der Waals surface area contributed by atoms with Crippen molar-refractivity contribution in [3.63, 3.8) is 0 Å². The lowest BCUT2D eigenvalue weighted by Crippen LogP contribution is -2.36. The number of rotatable bonds is 6. The molecule has 0 spiro atoms. The summed E-state index contributed by atoms with van der Waals surface area (Å²) in [4.78, 5) is 14.5. The topological polar surface area (TPSA) is 46.3 Å². The Morgan fingerprint density at radius 2 is 1.86 bits per heavy atom. The van der Waals surface area contributed by atoms with Gasteiger partial charge < -0.3 is 10.6 Å². The third-order valence-electron chi connectivity index (χ3n) is 4.52. The fourth-order valence-corrected chi connectivity index (χ4v) is 3.15. The molecule has 0 unspecified atom stereocenters. The number of anilines is 1. The molecule has 0 aliphatic heterocycles. The quantitative estimate of drug-likeness (QED) is 0.805. The normalized spacial score (nSPS) is 15.6. The van der Waals surface area contributed by atoms with Crippen LogP contribution in [-0.4, -0.2) is 16.8 Å². The van der Waals surface area contributed by atoms with Crippen LogP contribution in [0.3, 0.4) is 0 Å². The van der Waals surface area contributed by atoms with Crippen LogP contribution in [0.5, 0.6) is 0 Å². The smallest absolute Gasteiger partial charge is 0.223 e. The lowest BCUT2D eigenvalue weighted by Gasteiger charge is -2.27. The van der Waals surface area contributed by atoms with Crippen molar-refractivity contribution in [3.05, 3.63) is 29.8 Å². The van der Waals surface area contributed by atoms with Gasteiger partial charge >= 0.3 is 0 Å². The molecule has 21 heavy (non-hydrogen) atoms. The second kappa shape index (κ2) is 7.48. The Morgan fingerprint density at radius 1 is 1.24 bits per heavy atom. The van der Waals surface area contributed by atoms with Crippen LogP contribution in [0.1, 0.15) is 57.9 Å². The van der Waals surface area contributed by atoms with Crippen molar-refractivity contribution in [2.45, 2.75) is 65.0 Å². The second-order valence-electron chi connectivity index (χ2n) is 6.55. The van der Waals surface area contributed by atoms with Gasteiger partial charge in [-0.25, -0.2) is 0 Å². The van der Waals surface area contributed by atoms with E-state index in [1.54, 1.807) is 0 Å². The van der Waals surface area contributed by atoms with Crippen molar-refractivity contribution in [1.29, 1.82) is 0 Å². The lowest BCUT2D eigenvalue weighted by atomic mass is 10.0. The molecule has 0 saturated heterocycles. The SMILES string of the molecule is CC(C)N(Cc1ccc(N)cc1)C(=O)CCC1CCCC1. The minimum Gasteiger partial charge on any atom is -0.399 e. The van der Waals surface area contributed by atoms with E-state index in [0.717, 1.165) is 23.6 Å². The predicted molar refractivity (Wildman–Crippen MR) is 87.7 cm³/mol. The van der Waals surface area contributed by atoms with E-state index in [-0.39, 0.29) is 11.9 Å². The fraction of sp³-hybridized carbons (Fsp3) is 0.611. The molecule has 0 aromatic heterocycles. The van der Waals surface area contributed by atoms with E-state index >= 15 is 0 Å². The monoisotopic (exact) mass is 288 g/mol. The molecule has 2 rings (SSSR count). The Kier molecular flexibility index (Phi) is 5.66. The molecule has 3 nitrogen and oxygen atoms in total. The summed E-state index contributed by atoms with van der Waals surface area (Å²) in [5.74, 6) is 1.06. The third-order valence-corrected chi connectivity index (χ3v) is 4.52. The molecule has 1 aliphatic rings. The van der Waals surface area contributed by atoms with Gasteiger partial charge in [-0.1, -0.05) is 37.8 Å². The van der Waals surface area contributed by atoms with Gasteiger partial charge in [-0.05, 0) is 43.9 Å². The minimum atomic E-state index is 0.235. The van der Waals surface area contributed by atoms with E-state index < -0.39 is 0 Å². The van der Waals surface area contributed by atoms with E-state index in [2.05, 4.69) is 13.8 Å². The molecule has 0 atom stereocenters. The van der Waals surface area contributed by atoms with Gasteiger partial charge in [0.1, 0.15) is 0 Å². The fourth-order valence-electron chi connectivity index (χ4n) is 3.15. The van der Waals surface area contributed by atoms with Gasteiger partial charge in [0.25, 0.3) is 0 Å². The summed E-state index contributed by atoms with van der Waals surface area (Å²) in [6, 6.07) is 8.05. The van der Waals surface area contributed by atoms with Gasteiger partial charge in [-0.2, -0.15) is 0 Å². The molecule has 0 heterocycles. The number of amides is 1. The summed E-state index contributed by atoms with van der Waals surface area (Å²) in [6.07, 6.45) is 7.07. The first-order valence-electron chi connectivity index (χ1n) is 8.20. The van der Waals surface area contributed by atoms with Crippen LogP contribution in [0, 0.1) is 5.92 Å². The Balaban J connectivity index is 1.90. The van der Waals surface area contributed by atoms with Crippen molar-refractivity contribution in [1.82, 2.24) is 4.90 Å². The van der Waals surface area contributed by atoms with Crippen molar-refractivity contribution >= 4 is 11.6 Å². The van der Waals surface area contributed by atoms with Gasteiger partial charge in [0.15, 0.2) is 0 Å². The van der Waals surface area contributed by atoms with Crippen molar-refractivity contribution in [2.75, 3.05) is 5.73 Å². The van der Waals surface area contributed by atoms with Crippen LogP contribution in [0.4, 0.5) is 5.69 Å². The van der Waals surface area contributed by atoms with Crippen LogP contribution in [-0.2, 0) is 11.3 Å². The second-order valence-corrected chi connectivity index (χ2v) is 6.55. The summed E-state index contributed by atoms with van der Waals surface area (Å²) in [5.41, 5.74) is 7.63. The largest absolute Gasteiger partial charge is 0.399 e. The highest BCUT2D eigenvalue weighted by molar-refractivity contribution is 5.76. The molecule has 2 N–H and O–H groups in total. The number of carbonyl (C=O) groups excluding carboxylic acids is 1. The highest BCUT2D eigenvalue weighted by Crippen LogP contribution is 2.29. The van der Waals surface area contributed by atoms with Crippen LogP contribution in [0.25, 0.3) is 0 Å². The number of benzene rings is 1. The zero-order valence-electron chi connectivity index (χ0n) is 13.3. The number of nitrogen functional groups attached to an aromatic ring is 1. The number of nitrogens with two attached hydrogens (primary N) is 1. The lowest BCUT2D eigenvalue weighted by molar-refractivity contribution is -0.133. The first-order valence-corrected chi connectivity index (χ1v) is 8.20. The number of carbonyl (C=O) groups is 1. The Bertz CT molecular complexity index is 447. The zero-order valence-corrected chi connectivity index (χ0v) is 13.3. The van der Waals surface area contributed by atoms with Gasteiger partial charge in [0.2, 0.25) is 5.91 Å². The summed E-state index contributed by atoms with van der Waals surface area (Å²) in [7, 11) is 0. The van der Waals surface area contributed by atoms with Gasteiger partial charge in [-0.15, -0.1) is 0 Å². The van der Waals surface area contributed by atoms with Crippen molar-refractivity contribution in [2.24, 2.45) is 5.92 Å². The molecule has 1 aromatic rings. The third kappa shape index (κ3) is 4.76. The van der Waals surface area contributed by atoms with E-state index in [1.165, 1.54) is 25.7 Å². The molecule has 1 fully saturated rings. The molecule has 1 aliphatic carbocycles. The predicted octanol–water partition coefficient (Wildman–Crippen LogP) is 3.98. The molecule has 3 heteroatoms. The highest BCUT2D eigenvalue weighted by Gasteiger charge is 2.20. The molecule has 0 bridgehead atoms. The average molecular weight is 288 g/mol. The van der Waals surface area contributed by atoms with Crippen LogP contribution in [0.15, 0.2) is 24.3 Å². The minimum absolute atomic E-state index is 0.235. The van der Waals surface area contributed by atoms with Crippen LogP contribution in [0.2, 0.25) is 0 Å².